The molecule has 0 aliphatic rings. The molecule has 1 amide bonds. The van der Waals surface area contributed by atoms with Crippen molar-refractivity contribution in [3.63, 3.8) is 0 Å². The number of rotatable bonds is 7. The van der Waals surface area contributed by atoms with E-state index < -0.39 is 0 Å². The van der Waals surface area contributed by atoms with Crippen molar-refractivity contribution in [2.45, 2.75) is 12.5 Å². The van der Waals surface area contributed by atoms with Crippen LogP contribution in [-0.4, -0.2) is 22.8 Å². The Morgan fingerprint density at radius 3 is 2.23 bits per heavy atom. The highest BCUT2D eigenvalue weighted by Crippen LogP contribution is 2.24. The van der Waals surface area contributed by atoms with Gasteiger partial charge in [0, 0.05) is 6.20 Å². The van der Waals surface area contributed by atoms with Crippen molar-refractivity contribution in [3.05, 3.63) is 114 Å². The SMILES string of the molecule is COc1ccc(C(NC(=O)Cc2cnn(-c3ccccc3)c2)c2ccccc2)cc1. The Labute approximate surface area is 175 Å². The van der Waals surface area contributed by atoms with Gasteiger partial charge in [-0.3, -0.25) is 4.79 Å². The number of hydrogen-bond donors (Lipinski definition) is 1. The summed E-state index contributed by atoms with van der Waals surface area (Å²) in [5.41, 5.74) is 3.84. The molecule has 5 nitrogen and oxygen atoms in total. The zero-order valence-electron chi connectivity index (χ0n) is 16.7. The first-order chi connectivity index (χ1) is 14.7. The zero-order chi connectivity index (χ0) is 20.8. The van der Waals surface area contributed by atoms with Crippen molar-refractivity contribution in [2.75, 3.05) is 7.11 Å². The number of ether oxygens (including phenoxy) is 1. The highest BCUT2D eigenvalue weighted by Gasteiger charge is 2.17. The predicted molar refractivity (Wildman–Crippen MR) is 117 cm³/mol. The molecule has 0 fully saturated rings. The smallest absolute Gasteiger partial charge is 0.225 e. The molecule has 4 rings (SSSR count). The number of para-hydroxylation sites is 1. The van der Waals surface area contributed by atoms with Crippen LogP contribution in [-0.2, 0) is 11.2 Å². The minimum Gasteiger partial charge on any atom is -0.497 e. The molecular formula is C25H23N3O2. The van der Waals surface area contributed by atoms with Crippen molar-refractivity contribution in [2.24, 2.45) is 0 Å². The molecule has 1 unspecified atom stereocenters. The maximum Gasteiger partial charge on any atom is 0.225 e. The fourth-order valence-corrected chi connectivity index (χ4v) is 3.37. The second-order valence-corrected chi connectivity index (χ2v) is 6.99. The number of benzene rings is 3. The number of methoxy groups -OCH3 is 1. The van der Waals surface area contributed by atoms with E-state index in [1.807, 2.05) is 91.1 Å². The number of carbonyl (C=O) groups excluding carboxylic acids is 1. The topological polar surface area (TPSA) is 56.1 Å². The highest BCUT2D eigenvalue weighted by molar-refractivity contribution is 5.79. The minimum absolute atomic E-state index is 0.0627. The van der Waals surface area contributed by atoms with Crippen molar-refractivity contribution in [1.29, 1.82) is 0 Å². The monoisotopic (exact) mass is 397 g/mol. The summed E-state index contributed by atoms with van der Waals surface area (Å²) in [4.78, 5) is 12.9. The van der Waals surface area contributed by atoms with Gasteiger partial charge in [-0.05, 0) is 41.0 Å². The fraction of sp³-hybridized carbons (Fsp3) is 0.120. The number of carbonyl (C=O) groups is 1. The van der Waals surface area contributed by atoms with Gasteiger partial charge >= 0.3 is 0 Å². The molecule has 1 aromatic heterocycles. The summed E-state index contributed by atoms with van der Waals surface area (Å²) in [6.45, 7) is 0. The van der Waals surface area contributed by atoms with Crippen LogP contribution in [0.1, 0.15) is 22.7 Å². The lowest BCUT2D eigenvalue weighted by molar-refractivity contribution is -0.120. The van der Waals surface area contributed by atoms with E-state index >= 15 is 0 Å². The molecule has 0 bridgehead atoms. The second kappa shape index (κ2) is 9.09. The van der Waals surface area contributed by atoms with Gasteiger partial charge in [0.1, 0.15) is 5.75 Å². The van der Waals surface area contributed by atoms with E-state index in [9.17, 15) is 4.79 Å². The lowest BCUT2D eigenvalue weighted by Gasteiger charge is -2.20. The van der Waals surface area contributed by atoms with E-state index in [0.29, 0.717) is 0 Å². The minimum atomic E-state index is -0.242. The van der Waals surface area contributed by atoms with E-state index in [4.69, 9.17) is 4.74 Å². The molecule has 1 N–H and O–H groups in total. The van der Waals surface area contributed by atoms with Crippen LogP contribution in [0, 0.1) is 0 Å². The summed E-state index contributed by atoms with van der Waals surface area (Å²) < 4.78 is 7.04. The van der Waals surface area contributed by atoms with Crippen molar-refractivity contribution < 1.29 is 9.53 Å². The molecule has 1 atom stereocenters. The van der Waals surface area contributed by atoms with Crippen LogP contribution in [0.4, 0.5) is 0 Å². The van der Waals surface area contributed by atoms with Crippen molar-refractivity contribution in [3.8, 4) is 11.4 Å². The summed E-state index contributed by atoms with van der Waals surface area (Å²) in [7, 11) is 1.64. The van der Waals surface area contributed by atoms with Crippen LogP contribution in [0.25, 0.3) is 5.69 Å². The number of aromatic nitrogens is 2. The first-order valence-electron chi connectivity index (χ1n) is 9.80. The average molecular weight is 397 g/mol. The van der Waals surface area contributed by atoms with Gasteiger partial charge in [-0.2, -0.15) is 5.10 Å². The van der Waals surface area contributed by atoms with Crippen molar-refractivity contribution >= 4 is 5.91 Å². The lowest BCUT2D eigenvalue weighted by Crippen LogP contribution is -2.30. The molecule has 0 spiro atoms. The van der Waals surface area contributed by atoms with Crippen LogP contribution in [0.3, 0.4) is 0 Å². The van der Waals surface area contributed by atoms with Crippen LogP contribution >= 0.6 is 0 Å². The van der Waals surface area contributed by atoms with E-state index in [1.165, 1.54) is 0 Å². The lowest BCUT2D eigenvalue weighted by atomic mass is 9.98. The van der Waals surface area contributed by atoms with Crippen LogP contribution in [0.2, 0.25) is 0 Å². The van der Waals surface area contributed by atoms with Gasteiger partial charge in [-0.15, -0.1) is 0 Å². The van der Waals surface area contributed by atoms with Gasteiger partial charge < -0.3 is 10.1 Å². The van der Waals surface area contributed by atoms with Crippen molar-refractivity contribution in [1.82, 2.24) is 15.1 Å². The van der Waals surface area contributed by atoms with Crippen LogP contribution in [0.15, 0.2) is 97.3 Å². The third-order valence-electron chi connectivity index (χ3n) is 4.91. The van der Waals surface area contributed by atoms with Gasteiger partial charge in [0.25, 0.3) is 0 Å². The van der Waals surface area contributed by atoms with E-state index in [-0.39, 0.29) is 18.4 Å². The van der Waals surface area contributed by atoms with E-state index in [2.05, 4.69) is 10.4 Å². The summed E-state index contributed by atoms with van der Waals surface area (Å²) in [6, 6.07) is 27.3. The third-order valence-corrected chi connectivity index (χ3v) is 4.91. The molecule has 0 aliphatic carbocycles. The molecule has 30 heavy (non-hydrogen) atoms. The normalized spacial score (nSPS) is 11.6. The average Bonchev–Trinajstić information content (AvgIpc) is 3.27. The van der Waals surface area contributed by atoms with Gasteiger partial charge in [0.2, 0.25) is 5.91 Å². The highest BCUT2D eigenvalue weighted by atomic mass is 16.5. The Kier molecular flexibility index (Phi) is 5.90. The first kappa shape index (κ1) is 19.5. The summed E-state index contributed by atoms with van der Waals surface area (Å²) in [6.07, 6.45) is 3.88. The molecular weight excluding hydrogens is 374 g/mol. The molecule has 1 heterocycles. The molecule has 150 valence electrons. The zero-order valence-corrected chi connectivity index (χ0v) is 16.7. The number of amides is 1. The summed E-state index contributed by atoms with van der Waals surface area (Å²) in [5.74, 6) is 0.720. The maximum absolute atomic E-state index is 12.9. The molecule has 5 heteroatoms. The van der Waals surface area contributed by atoms with E-state index in [0.717, 1.165) is 28.1 Å². The first-order valence-corrected chi connectivity index (χ1v) is 9.80. The Hall–Kier alpha value is -3.86. The molecule has 0 aliphatic heterocycles. The van der Waals surface area contributed by atoms with Gasteiger partial charge in [0.15, 0.2) is 0 Å². The molecule has 0 radical (unpaired) electrons. The van der Waals surface area contributed by atoms with Crippen LogP contribution in [0.5, 0.6) is 5.75 Å². The molecule has 0 saturated carbocycles. The van der Waals surface area contributed by atoms with E-state index in [1.54, 1.807) is 18.0 Å². The summed E-state index contributed by atoms with van der Waals surface area (Å²) in [5, 5.41) is 7.54. The maximum atomic E-state index is 12.9. The van der Waals surface area contributed by atoms with Gasteiger partial charge in [-0.25, -0.2) is 4.68 Å². The van der Waals surface area contributed by atoms with Crippen LogP contribution < -0.4 is 10.1 Å². The second-order valence-electron chi connectivity index (χ2n) is 6.99. The molecule has 0 saturated heterocycles. The predicted octanol–water partition coefficient (Wildman–Crippen LogP) is 4.33. The number of nitrogens with one attached hydrogen (secondary N) is 1. The molecule has 4 aromatic rings. The Morgan fingerprint density at radius 2 is 1.57 bits per heavy atom. The number of nitrogens with zero attached hydrogens (tertiary/aromatic N) is 2. The summed E-state index contributed by atoms with van der Waals surface area (Å²) >= 11 is 0. The Balaban J connectivity index is 1.51. The molecule has 3 aromatic carbocycles. The third kappa shape index (κ3) is 4.58. The van der Waals surface area contributed by atoms with Gasteiger partial charge in [0.05, 0.1) is 31.5 Å². The Bertz CT molecular complexity index is 1090. The fourth-order valence-electron chi connectivity index (χ4n) is 3.37. The quantitative estimate of drug-likeness (QED) is 0.505. The number of hydrogen-bond acceptors (Lipinski definition) is 3. The standard InChI is InChI=1S/C25H23N3O2/c1-30-23-14-12-21(13-15-23)25(20-8-4-2-5-9-20)27-24(29)16-19-17-26-28(18-19)22-10-6-3-7-11-22/h2-15,17-18,25H,16H2,1H3,(H,27,29). The van der Waals surface area contributed by atoms with Gasteiger partial charge in [-0.1, -0.05) is 60.7 Å². The largest absolute Gasteiger partial charge is 0.497 e. The Morgan fingerprint density at radius 1 is 0.933 bits per heavy atom.